The summed E-state index contributed by atoms with van der Waals surface area (Å²) in [4.78, 5) is 12.0. The molecule has 0 aromatic carbocycles. The maximum atomic E-state index is 12.0. The zero-order chi connectivity index (χ0) is 16.0. The first kappa shape index (κ1) is 18.4. The lowest BCUT2D eigenvalue weighted by Gasteiger charge is -2.34. The molecule has 4 nitrogen and oxygen atoms in total. The summed E-state index contributed by atoms with van der Waals surface area (Å²) in [6, 6.07) is 0.227. The van der Waals surface area contributed by atoms with Crippen molar-refractivity contribution in [2.45, 2.75) is 78.0 Å². The van der Waals surface area contributed by atoms with Gasteiger partial charge in [-0.3, -0.25) is 10.1 Å². The second-order valence-corrected chi connectivity index (χ2v) is 7.13. The molecule has 1 aliphatic carbocycles. The third-order valence-electron chi connectivity index (χ3n) is 4.75. The van der Waals surface area contributed by atoms with E-state index in [-0.39, 0.29) is 12.0 Å². The van der Waals surface area contributed by atoms with E-state index in [2.05, 4.69) is 19.2 Å². The van der Waals surface area contributed by atoms with E-state index in [0.717, 1.165) is 24.7 Å². The van der Waals surface area contributed by atoms with E-state index in [0.29, 0.717) is 19.1 Å². The molecular weight excluding hydrogens is 266 g/mol. The Bertz CT molecular complexity index is 332. The fourth-order valence-electron chi connectivity index (χ4n) is 3.17. The molecule has 0 heterocycles. The quantitative estimate of drug-likeness (QED) is 0.734. The fourth-order valence-corrected chi connectivity index (χ4v) is 3.17. The zero-order valence-corrected chi connectivity index (χ0v) is 14.6. The molecule has 1 fully saturated rings. The van der Waals surface area contributed by atoms with E-state index in [1.807, 2.05) is 20.8 Å². The number of hydrogen-bond acceptors (Lipinski definition) is 4. The third-order valence-corrected chi connectivity index (χ3v) is 4.75. The highest BCUT2D eigenvalue weighted by Crippen LogP contribution is 2.31. The Hall–Kier alpha value is -0.610. The molecule has 1 N–H and O–H groups in total. The van der Waals surface area contributed by atoms with Crippen molar-refractivity contribution in [3.63, 3.8) is 0 Å². The molecule has 4 unspecified atom stereocenters. The molecule has 0 bridgehead atoms. The summed E-state index contributed by atoms with van der Waals surface area (Å²) in [6.45, 7) is 11.2. The van der Waals surface area contributed by atoms with Gasteiger partial charge >= 0.3 is 5.97 Å². The maximum Gasteiger partial charge on any atom is 0.325 e. The van der Waals surface area contributed by atoms with Crippen LogP contribution in [0.3, 0.4) is 0 Å². The summed E-state index contributed by atoms with van der Waals surface area (Å²) in [5.41, 5.74) is -0.670. The number of methoxy groups -OCH3 is 1. The van der Waals surface area contributed by atoms with Crippen molar-refractivity contribution in [3.05, 3.63) is 0 Å². The summed E-state index contributed by atoms with van der Waals surface area (Å²) < 4.78 is 11.0. The highest BCUT2D eigenvalue weighted by Gasteiger charge is 2.35. The van der Waals surface area contributed by atoms with Gasteiger partial charge in [0.2, 0.25) is 0 Å². The number of hydrogen-bond donors (Lipinski definition) is 1. The molecule has 4 heteroatoms. The largest absolute Gasteiger partial charge is 0.468 e. The Morgan fingerprint density at radius 1 is 1.29 bits per heavy atom. The molecule has 0 aromatic heterocycles. The van der Waals surface area contributed by atoms with Gasteiger partial charge in [-0.25, -0.2) is 0 Å². The van der Waals surface area contributed by atoms with Crippen LogP contribution in [0, 0.1) is 11.8 Å². The third kappa shape index (κ3) is 5.59. The Morgan fingerprint density at radius 2 is 1.95 bits per heavy atom. The molecule has 0 radical (unpaired) electrons. The SMILES string of the molecule is COC(=O)C(C)(CCOC1CCC(C)C(C)C1)NC(C)C. The van der Waals surface area contributed by atoms with Gasteiger partial charge in [0, 0.05) is 12.6 Å². The van der Waals surface area contributed by atoms with E-state index >= 15 is 0 Å². The Kier molecular flexibility index (Phi) is 7.14. The van der Waals surface area contributed by atoms with Crippen LogP contribution < -0.4 is 5.32 Å². The van der Waals surface area contributed by atoms with Gasteiger partial charge in [0.05, 0.1) is 13.2 Å². The van der Waals surface area contributed by atoms with Crippen molar-refractivity contribution in [2.75, 3.05) is 13.7 Å². The zero-order valence-electron chi connectivity index (χ0n) is 14.6. The number of carbonyl (C=O) groups excluding carboxylic acids is 1. The summed E-state index contributed by atoms with van der Waals surface area (Å²) in [6.07, 6.45) is 4.49. The minimum atomic E-state index is -0.670. The first-order valence-corrected chi connectivity index (χ1v) is 8.26. The molecule has 0 aromatic rings. The molecule has 124 valence electrons. The van der Waals surface area contributed by atoms with Gasteiger partial charge < -0.3 is 9.47 Å². The highest BCUT2D eigenvalue weighted by atomic mass is 16.5. The number of ether oxygens (including phenoxy) is 2. The smallest absolute Gasteiger partial charge is 0.325 e. The first-order valence-electron chi connectivity index (χ1n) is 8.26. The van der Waals surface area contributed by atoms with Crippen LogP contribution in [-0.2, 0) is 14.3 Å². The summed E-state index contributed by atoms with van der Waals surface area (Å²) in [7, 11) is 1.44. The van der Waals surface area contributed by atoms with Crippen molar-refractivity contribution in [1.29, 1.82) is 0 Å². The number of rotatable bonds is 7. The van der Waals surface area contributed by atoms with Crippen LogP contribution in [0.25, 0.3) is 0 Å². The van der Waals surface area contributed by atoms with Crippen LogP contribution in [0.15, 0.2) is 0 Å². The minimum absolute atomic E-state index is 0.217. The Balaban J connectivity index is 2.45. The Labute approximate surface area is 130 Å². The predicted octanol–water partition coefficient (Wildman–Crippen LogP) is 3.15. The van der Waals surface area contributed by atoms with E-state index in [1.54, 1.807) is 0 Å². The van der Waals surface area contributed by atoms with Gasteiger partial charge in [0.1, 0.15) is 5.54 Å². The topological polar surface area (TPSA) is 47.6 Å². The van der Waals surface area contributed by atoms with Crippen LogP contribution >= 0.6 is 0 Å². The second-order valence-electron chi connectivity index (χ2n) is 7.13. The number of carbonyl (C=O) groups is 1. The maximum absolute atomic E-state index is 12.0. The van der Waals surface area contributed by atoms with Crippen molar-refractivity contribution in [3.8, 4) is 0 Å². The van der Waals surface area contributed by atoms with Crippen molar-refractivity contribution in [2.24, 2.45) is 11.8 Å². The summed E-state index contributed by atoms with van der Waals surface area (Å²) in [5, 5.41) is 3.31. The molecule has 21 heavy (non-hydrogen) atoms. The standard InChI is InChI=1S/C17H33NO3/c1-12(2)18-17(5,16(19)20-6)9-10-21-15-8-7-13(3)14(4)11-15/h12-15,18H,7-11H2,1-6H3. The normalized spacial score (nSPS) is 29.2. The lowest BCUT2D eigenvalue weighted by molar-refractivity contribution is -0.149. The van der Waals surface area contributed by atoms with Crippen molar-refractivity contribution < 1.29 is 14.3 Å². The van der Waals surface area contributed by atoms with Gasteiger partial charge in [0.15, 0.2) is 0 Å². The van der Waals surface area contributed by atoms with E-state index in [9.17, 15) is 4.79 Å². The van der Waals surface area contributed by atoms with Gasteiger partial charge in [-0.1, -0.05) is 13.8 Å². The average molecular weight is 299 g/mol. The molecular formula is C17H33NO3. The minimum Gasteiger partial charge on any atom is -0.468 e. The van der Waals surface area contributed by atoms with Crippen LogP contribution in [0.5, 0.6) is 0 Å². The number of esters is 1. The van der Waals surface area contributed by atoms with Crippen molar-refractivity contribution >= 4 is 5.97 Å². The van der Waals surface area contributed by atoms with E-state index < -0.39 is 5.54 Å². The van der Waals surface area contributed by atoms with Crippen LogP contribution in [-0.4, -0.2) is 37.4 Å². The van der Waals surface area contributed by atoms with Gasteiger partial charge in [-0.2, -0.15) is 0 Å². The summed E-state index contributed by atoms with van der Waals surface area (Å²) >= 11 is 0. The molecule has 4 atom stereocenters. The summed E-state index contributed by atoms with van der Waals surface area (Å²) in [5.74, 6) is 1.31. The molecule has 0 aliphatic heterocycles. The van der Waals surface area contributed by atoms with E-state index in [1.165, 1.54) is 13.5 Å². The lowest BCUT2D eigenvalue weighted by Crippen LogP contribution is -2.53. The molecule has 0 spiro atoms. The van der Waals surface area contributed by atoms with Crippen LogP contribution in [0.2, 0.25) is 0 Å². The van der Waals surface area contributed by atoms with E-state index in [4.69, 9.17) is 9.47 Å². The lowest BCUT2D eigenvalue weighted by atomic mass is 9.80. The van der Waals surface area contributed by atoms with Crippen LogP contribution in [0.1, 0.15) is 60.3 Å². The van der Waals surface area contributed by atoms with Crippen molar-refractivity contribution in [1.82, 2.24) is 5.32 Å². The molecule has 1 rings (SSSR count). The monoisotopic (exact) mass is 299 g/mol. The molecule has 1 aliphatic rings. The van der Waals surface area contributed by atoms with Gasteiger partial charge in [-0.15, -0.1) is 0 Å². The fraction of sp³-hybridized carbons (Fsp3) is 0.941. The molecule has 0 amide bonds. The first-order chi connectivity index (χ1) is 9.78. The van der Waals surface area contributed by atoms with Gasteiger partial charge in [-0.05, 0) is 58.3 Å². The van der Waals surface area contributed by atoms with Crippen LogP contribution in [0.4, 0.5) is 0 Å². The second kappa shape index (κ2) is 8.14. The average Bonchev–Trinajstić information content (AvgIpc) is 2.41. The molecule has 0 saturated heterocycles. The number of nitrogens with one attached hydrogen (secondary N) is 1. The predicted molar refractivity (Wildman–Crippen MR) is 85.2 cm³/mol. The molecule has 1 saturated carbocycles. The highest BCUT2D eigenvalue weighted by molar-refractivity contribution is 5.80. The Morgan fingerprint density at radius 3 is 2.48 bits per heavy atom. The van der Waals surface area contributed by atoms with Gasteiger partial charge in [0.25, 0.3) is 0 Å².